The first-order valence-corrected chi connectivity index (χ1v) is 15.2. The fourth-order valence-corrected chi connectivity index (χ4v) is 8.87. The molecule has 9 aromatic rings. The Bertz CT molecular complexity index is 2370. The van der Waals surface area contributed by atoms with Gasteiger partial charge in [0.25, 0.3) is 0 Å². The Morgan fingerprint density at radius 2 is 0.750 bits per heavy atom. The SMILES string of the molecule is c1ccc(-c2c3ccccc3c(-c3ccc4c(c3)sc3cc5sc6ccccc6c5cc34)c3ccccc23)cc1. The van der Waals surface area contributed by atoms with Crippen LogP contribution >= 0.6 is 22.7 Å². The molecule has 0 atom stereocenters. The second-order valence-electron chi connectivity index (χ2n) is 10.5. The van der Waals surface area contributed by atoms with Crippen LogP contribution in [0.15, 0.2) is 133 Å². The van der Waals surface area contributed by atoms with E-state index in [-0.39, 0.29) is 0 Å². The molecule has 0 aliphatic heterocycles. The largest absolute Gasteiger partial charge is 0.135 e. The second-order valence-corrected chi connectivity index (χ2v) is 12.6. The highest BCUT2D eigenvalue weighted by Crippen LogP contribution is 2.46. The third-order valence-electron chi connectivity index (χ3n) is 8.25. The van der Waals surface area contributed by atoms with E-state index in [0.29, 0.717) is 0 Å². The first-order chi connectivity index (χ1) is 19.8. The van der Waals surface area contributed by atoms with E-state index in [4.69, 9.17) is 0 Å². The lowest BCUT2D eigenvalue weighted by atomic mass is 9.86. The summed E-state index contributed by atoms with van der Waals surface area (Å²) < 4.78 is 5.43. The monoisotopic (exact) mass is 542 g/mol. The normalized spacial score (nSPS) is 12.0. The van der Waals surface area contributed by atoms with Gasteiger partial charge in [-0.15, -0.1) is 22.7 Å². The van der Waals surface area contributed by atoms with E-state index >= 15 is 0 Å². The number of fused-ring (bicyclic) bond motifs is 8. The molecule has 2 heterocycles. The molecule has 0 N–H and O–H groups in total. The molecule has 0 amide bonds. The third kappa shape index (κ3) is 3.18. The number of hydrogen-bond donors (Lipinski definition) is 0. The summed E-state index contributed by atoms with van der Waals surface area (Å²) in [6, 6.07) is 49.3. The predicted octanol–water partition coefficient (Wildman–Crippen LogP) is 12.1. The summed E-state index contributed by atoms with van der Waals surface area (Å²) in [5.74, 6) is 0. The van der Waals surface area contributed by atoms with E-state index in [2.05, 4.69) is 133 Å². The van der Waals surface area contributed by atoms with Crippen molar-refractivity contribution in [2.24, 2.45) is 0 Å². The highest BCUT2D eigenvalue weighted by molar-refractivity contribution is 7.28. The molecular formula is C38H22S2. The van der Waals surface area contributed by atoms with E-state index in [0.717, 1.165) is 0 Å². The van der Waals surface area contributed by atoms with Gasteiger partial charge >= 0.3 is 0 Å². The Kier molecular flexibility index (Phi) is 4.74. The molecule has 2 heteroatoms. The summed E-state index contributed by atoms with van der Waals surface area (Å²) in [4.78, 5) is 0. The predicted molar refractivity (Wildman–Crippen MR) is 178 cm³/mol. The van der Waals surface area contributed by atoms with Crippen molar-refractivity contribution in [3.8, 4) is 22.3 Å². The Labute approximate surface area is 239 Å². The molecule has 0 spiro atoms. The first kappa shape index (κ1) is 22.3. The van der Waals surface area contributed by atoms with Crippen molar-refractivity contribution < 1.29 is 0 Å². The molecule has 2 aromatic heterocycles. The van der Waals surface area contributed by atoms with Crippen LogP contribution in [0.2, 0.25) is 0 Å². The highest BCUT2D eigenvalue weighted by atomic mass is 32.1. The molecular weight excluding hydrogens is 521 g/mol. The van der Waals surface area contributed by atoms with Crippen LogP contribution in [-0.2, 0) is 0 Å². The van der Waals surface area contributed by atoms with Gasteiger partial charge in [0.2, 0.25) is 0 Å². The average Bonchev–Trinajstić information content (AvgIpc) is 3.55. The number of rotatable bonds is 2. The lowest BCUT2D eigenvalue weighted by Crippen LogP contribution is -1.90. The molecule has 7 aromatic carbocycles. The van der Waals surface area contributed by atoms with Crippen molar-refractivity contribution in [2.45, 2.75) is 0 Å². The molecule has 0 unspecified atom stereocenters. The quantitative estimate of drug-likeness (QED) is 0.191. The number of hydrogen-bond acceptors (Lipinski definition) is 2. The third-order valence-corrected chi connectivity index (χ3v) is 10.5. The summed E-state index contributed by atoms with van der Waals surface area (Å²) >= 11 is 3.81. The minimum absolute atomic E-state index is 1.26. The van der Waals surface area contributed by atoms with Crippen LogP contribution in [0.1, 0.15) is 0 Å². The number of benzene rings is 7. The van der Waals surface area contributed by atoms with Gasteiger partial charge in [0.1, 0.15) is 0 Å². The Morgan fingerprint density at radius 3 is 1.40 bits per heavy atom. The maximum absolute atomic E-state index is 2.42. The minimum atomic E-state index is 1.26. The van der Waals surface area contributed by atoms with Crippen LogP contribution in [0.4, 0.5) is 0 Å². The molecule has 0 nitrogen and oxygen atoms in total. The fourth-order valence-electron chi connectivity index (χ4n) is 6.51. The van der Waals surface area contributed by atoms with Gasteiger partial charge in [-0.3, -0.25) is 0 Å². The van der Waals surface area contributed by atoms with Gasteiger partial charge in [0.15, 0.2) is 0 Å². The number of thiophene rings is 2. The lowest BCUT2D eigenvalue weighted by molar-refractivity contribution is 1.66. The van der Waals surface area contributed by atoms with Crippen LogP contribution in [0.3, 0.4) is 0 Å². The van der Waals surface area contributed by atoms with Crippen LogP contribution in [0.5, 0.6) is 0 Å². The Balaban J connectivity index is 1.33. The van der Waals surface area contributed by atoms with Gasteiger partial charge in [-0.1, -0.05) is 109 Å². The Morgan fingerprint density at radius 1 is 0.275 bits per heavy atom. The van der Waals surface area contributed by atoms with Crippen molar-refractivity contribution in [2.75, 3.05) is 0 Å². The molecule has 0 radical (unpaired) electrons. The van der Waals surface area contributed by atoms with Gasteiger partial charge in [-0.25, -0.2) is 0 Å². The highest BCUT2D eigenvalue weighted by Gasteiger charge is 2.17. The molecule has 0 bridgehead atoms. The summed E-state index contributed by atoms with van der Waals surface area (Å²) in [7, 11) is 0. The van der Waals surface area contributed by atoms with Crippen molar-refractivity contribution in [3.05, 3.63) is 133 Å². The van der Waals surface area contributed by atoms with E-state index in [9.17, 15) is 0 Å². The average molecular weight is 543 g/mol. The zero-order valence-electron chi connectivity index (χ0n) is 21.5. The van der Waals surface area contributed by atoms with Crippen LogP contribution in [0, 0.1) is 0 Å². The first-order valence-electron chi connectivity index (χ1n) is 13.6. The van der Waals surface area contributed by atoms with Gasteiger partial charge in [0, 0.05) is 40.3 Å². The van der Waals surface area contributed by atoms with Crippen LogP contribution < -0.4 is 0 Å². The zero-order valence-corrected chi connectivity index (χ0v) is 23.2. The minimum Gasteiger partial charge on any atom is -0.135 e. The van der Waals surface area contributed by atoms with Crippen LogP contribution in [-0.4, -0.2) is 0 Å². The molecule has 186 valence electrons. The maximum Gasteiger partial charge on any atom is 0.0369 e. The topological polar surface area (TPSA) is 0 Å². The van der Waals surface area contributed by atoms with Crippen molar-refractivity contribution >= 4 is 84.6 Å². The van der Waals surface area contributed by atoms with Gasteiger partial charge < -0.3 is 0 Å². The molecule has 0 fully saturated rings. The smallest absolute Gasteiger partial charge is 0.0369 e. The summed E-state index contributed by atoms with van der Waals surface area (Å²) in [6.45, 7) is 0. The fraction of sp³-hybridized carbons (Fsp3) is 0. The lowest BCUT2D eigenvalue weighted by Gasteiger charge is -2.17. The summed E-state index contributed by atoms with van der Waals surface area (Å²) in [5, 5.41) is 10.6. The van der Waals surface area contributed by atoms with E-state index in [1.54, 1.807) is 0 Å². The van der Waals surface area contributed by atoms with E-state index in [1.807, 2.05) is 22.7 Å². The van der Waals surface area contributed by atoms with Crippen molar-refractivity contribution in [1.29, 1.82) is 0 Å². The van der Waals surface area contributed by atoms with Crippen molar-refractivity contribution in [1.82, 2.24) is 0 Å². The summed E-state index contributed by atoms with van der Waals surface area (Å²) in [6.07, 6.45) is 0. The zero-order chi connectivity index (χ0) is 26.2. The molecule has 0 saturated heterocycles. The Hall–Kier alpha value is -4.50. The molecule has 9 rings (SSSR count). The van der Waals surface area contributed by atoms with Gasteiger partial charge in [-0.05, 0) is 68.1 Å². The van der Waals surface area contributed by atoms with Gasteiger partial charge in [0.05, 0.1) is 0 Å². The molecule has 0 aliphatic rings. The molecule has 0 aliphatic carbocycles. The summed E-state index contributed by atoms with van der Waals surface area (Å²) in [5.41, 5.74) is 5.16. The standard InChI is InChI=1S/C38H22S2/c1-2-10-23(11-3-1)37-27-13-4-6-15-29(27)38(30-16-7-5-14-28(30)37)24-18-19-26-32-21-31-25-12-8-9-17-33(25)39-35(31)22-36(32)40-34(26)20-24/h1-22H. The maximum atomic E-state index is 2.42. The molecule has 40 heavy (non-hydrogen) atoms. The van der Waals surface area contributed by atoms with Gasteiger partial charge in [-0.2, -0.15) is 0 Å². The van der Waals surface area contributed by atoms with E-state index < -0.39 is 0 Å². The molecule has 0 saturated carbocycles. The second kappa shape index (κ2) is 8.50. The van der Waals surface area contributed by atoms with E-state index in [1.165, 1.54) is 84.1 Å². The van der Waals surface area contributed by atoms with Crippen molar-refractivity contribution in [3.63, 3.8) is 0 Å². The van der Waals surface area contributed by atoms with Crippen LogP contribution in [0.25, 0.3) is 84.1 Å².